The SMILES string of the molecule is CC(C)(CNC(=O)[C@H]1CCCN1C1CCCC1)c1cccc(F)c1. The van der Waals surface area contributed by atoms with E-state index in [9.17, 15) is 9.18 Å². The second-order valence-electron chi connectivity index (χ2n) is 7.95. The molecule has 3 nitrogen and oxygen atoms in total. The van der Waals surface area contributed by atoms with Gasteiger partial charge in [0.25, 0.3) is 0 Å². The highest BCUT2D eigenvalue weighted by Crippen LogP contribution is 2.30. The Hall–Kier alpha value is -1.42. The lowest BCUT2D eigenvalue weighted by molar-refractivity contribution is -0.126. The maximum absolute atomic E-state index is 13.5. The van der Waals surface area contributed by atoms with Crippen LogP contribution in [0.25, 0.3) is 0 Å². The van der Waals surface area contributed by atoms with Crippen LogP contribution in [0, 0.1) is 5.82 Å². The summed E-state index contributed by atoms with van der Waals surface area (Å²) in [5.74, 6) is -0.0843. The molecule has 24 heavy (non-hydrogen) atoms. The Labute approximate surface area is 144 Å². The van der Waals surface area contributed by atoms with Gasteiger partial charge in [0, 0.05) is 18.0 Å². The van der Waals surface area contributed by atoms with Crippen LogP contribution in [0.5, 0.6) is 0 Å². The second-order valence-corrected chi connectivity index (χ2v) is 7.95. The number of nitrogens with one attached hydrogen (secondary N) is 1. The first kappa shape index (κ1) is 17.4. The van der Waals surface area contributed by atoms with Crippen molar-refractivity contribution in [2.24, 2.45) is 0 Å². The standard InChI is InChI=1S/C20H29FN2O/c1-20(2,15-7-5-8-16(21)13-15)14-22-19(24)18-11-6-12-23(18)17-9-3-4-10-17/h5,7-8,13,17-18H,3-4,6,9-12,14H2,1-2H3,(H,22,24)/t18-/m1/s1. The Balaban J connectivity index is 1.60. The molecule has 0 bridgehead atoms. The molecular weight excluding hydrogens is 303 g/mol. The van der Waals surface area contributed by atoms with Crippen LogP contribution in [0.3, 0.4) is 0 Å². The van der Waals surface area contributed by atoms with Crippen molar-refractivity contribution >= 4 is 5.91 Å². The van der Waals surface area contributed by atoms with Gasteiger partial charge in [-0.3, -0.25) is 9.69 Å². The van der Waals surface area contributed by atoms with E-state index in [1.807, 2.05) is 19.9 Å². The molecule has 1 amide bonds. The maximum Gasteiger partial charge on any atom is 0.237 e. The molecule has 2 fully saturated rings. The van der Waals surface area contributed by atoms with Gasteiger partial charge < -0.3 is 5.32 Å². The van der Waals surface area contributed by atoms with Gasteiger partial charge in [-0.05, 0) is 49.9 Å². The lowest BCUT2D eigenvalue weighted by atomic mass is 9.84. The van der Waals surface area contributed by atoms with Gasteiger partial charge in [0.2, 0.25) is 5.91 Å². The summed E-state index contributed by atoms with van der Waals surface area (Å²) in [6, 6.07) is 7.29. The van der Waals surface area contributed by atoms with E-state index in [1.54, 1.807) is 12.1 Å². The van der Waals surface area contributed by atoms with Crippen molar-refractivity contribution in [3.05, 3.63) is 35.6 Å². The average molecular weight is 332 g/mol. The molecule has 1 saturated heterocycles. The summed E-state index contributed by atoms with van der Waals surface area (Å²) in [4.78, 5) is 15.2. The van der Waals surface area contributed by atoms with E-state index in [0.29, 0.717) is 12.6 Å². The molecule has 1 heterocycles. The monoisotopic (exact) mass is 332 g/mol. The van der Waals surface area contributed by atoms with Crippen LogP contribution in [-0.2, 0) is 10.2 Å². The van der Waals surface area contributed by atoms with Gasteiger partial charge in [0.15, 0.2) is 0 Å². The molecule has 0 spiro atoms. The average Bonchev–Trinajstić information content (AvgIpc) is 3.23. The van der Waals surface area contributed by atoms with E-state index >= 15 is 0 Å². The number of hydrogen-bond acceptors (Lipinski definition) is 2. The zero-order chi connectivity index (χ0) is 17.2. The Morgan fingerprint density at radius 3 is 2.71 bits per heavy atom. The molecule has 3 rings (SSSR count). The lowest BCUT2D eigenvalue weighted by Gasteiger charge is -2.31. The zero-order valence-electron chi connectivity index (χ0n) is 14.9. The molecule has 1 aliphatic carbocycles. The highest BCUT2D eigenvalue weighted by atomic mass is 19.1. The molecule has 1 aromatic rings. The number of amides is 1. The van der Waals surface area contributed by atoms with Gasteiger partial charge >= 0.3 is 0 Å². The van der Waals surface area contributed by atoms with Crippen molar-refractivity contribution < 1.29 is 9.18 Å². The number of likely N-dealkylation sites (tertiary alicyclic amines) is 1. The fourth-order valence-electron chi connectivity index (χ4n) is 4.18. The molecule has 0 aromatic heterocycles. The van der Waals surface area contributed by atoms with E-state index in [0.717, 1.165) is 24.9 Å². The van der Waals surface area contributed by atoms with E-state index in [-0.39, 0.29) is 23.2 Å². The molecule has 1 aliphatic heterocycles. The third-order valence-corrected chi connectivity index (χ3v) is 5.70. The van der Waals surface area contributed by atoms with Crippen molar-refractivity contribution in [3.8, 4) is 0 Å². The third-order valence-electron chi connectivity index (χ3n) is 5.70. The molecule has 4 heteroatoms. The number of carbonyl (C=O) groups excluding carboxylic acids is 1. The highest BCUT2D eigenvalue weighted by Gasteiger charge is 2.36. The molecule has 0 unspecified atom stereocenters. The molecule has 1 aromatic carbocycles. The summed E-state index contributed by atoms with van der Waals surface area (Å²) in [5.41, 5.74) is 0.635. The molecular formula is C20H29FN2O. The zero-order valence-corrected chi connectivity index (χ0v) is 14.9. The first-order chi connectivity index (χ1) is 11.5. The van der Waals surface area contributed by atoms with E-state index in [4.69, 9.17) is 0 Å². The minimum absolute atomic E-state index is 0.0245. The van der Waals surface area contributed by atoms with Crippen LogP contribution >= 0.6 is 0 Å². The predicted octanol–water partition coefficient (Wildman–Crippen LogP) is 3.63. The van der Waals surface area contributed by atoms with Gasteiger partial charge in [0.1, 0.15) is 5.82 Å². The van der Waals surface area contributed by atoms with Gasteiger partial charge in [-0.15, -0.1) is 0 Å². The molecule has 1 N–H and O–H groups in total. The minimum Gasteiger partial charge on any atom is -0.354 e. The number of hydrogen-bond donors (Lipinski definition) is 1. The first-order valence-corrected chi connectivity index (χ1v) is 9.27. The Morgan fingerprint density at radius 2 is 2.00 bits per heavy atom. The Kier molecular flexibility index (Phi) is 5.24. The number of halogens is 1. The second kappa shape index (κ2) is 7.22. The van der Waals surface area contributed by atoms with Crippen molar-refractivity contribution in [3.63, 3.8) is 0 Å². The fourth-order valence-corrected chi connectivity index (χ4v) is 4.18. The molecule has 2 aliphatic rings. The van der Waals surface area contributed by atoms with Crippen LogP contribution in [0.2, 0.25) is 0 Å². The highest BCUT2D eigenvalue weighted by molar-refractivity contribution is 5.82. The van der Waals surface area contributed by atoms with Gasteiger partial charge in [0.05, 0.1) is 6.04 Å². The van der Waals surface area contributed by atoms with Gasteiger partial charge in [-0.2, -0.15) is 0 Å². The predicted molar refractivity (Wildman–Crippen MR) is 94.4 cm³/mol. The summed E-state index contributed by atoms with van der Waals surface area (Å²) in [6.45, 7) is 5.68. The smallest absolute Gasteiger partial charge is 0.237 e. The quantitative estimate of drug-likeness (QED) is 0.893. The summed E-state index contributed by atoms with van der Waals surface area (Å²) >= 11 is 0. The molecule has 1 atom stereocenters. The number of nitrogens with zero attached hydrogens (tertiary/aromatic N) is 1. The van der Waals surface area contributed by atoms with Crippen molar-refractivity contribution in [1.82, 2.24) is 10.2 Å². The van der Waals surface area contributed by atoms with Gasteiger partial charge in [-0.25, -0.2) is 4.39 Å². The van der Waals surface area contributed by atoms with E-state index < -0.39 is 0 Å². The van der Waals surface area contributed by atoms with Crippen LogP contribution < -0.4 is 5.32 Å². The largest absolute Gasteiger partial charge is 0.354 e. The number of rotatable bonds is 5. The topological polar surface area (TPSA) is 32.3 Å². The Morgan fingerprint density at radius 1 is 1.25 bits per heavy atom. The van der Waals surface area contributed by atoms with Crippen LogP contribution in [0.4, 0.5) is 4.39 Å². The maximum atomic E-state index is 13.5. The first-order valence-electron chi connectivity index (χ1n) is 9.27. The van der Waals surface area contributed by atoms with Crippen molar-refractivity contribution in [1.29, 1.82) is 0 Å². The normalized spacial score (nSPS) is 22.9. The van der Waals surface area contributed by atoms with Crippen LogP contribution in [-0.4, -0.2) is 36.0 Å². The van der Waals surface area contributed by atoms with Crippen molar-refractivity contribution in [2.75, 3.05) is 13.1 Å². The molecule has 0 radical (unpaired) electrons. The summed E-state index contributed by atoms with van der Waals surface area (Å²) in [5, 5.41) is 3.13. The van der Waals surface area contributed by atoms with E-state index in [1.165, 1.54) is 31.7 Å². The summed E-state index contributed by atoms with van der Waals surface area (Å²) in [7, 11) is 0. The van der Waals surface area contributed by atoms with Crippen molar-refractivity contribution in [2.45, 2.75) is 69.9 Å². The van der Waals surface area contributed by atoms with E-state index in [2.05, 4.69) is 10.2 Å². The van der Waals surface area contributed by atoms with Crippen LogP contribution in [0.15, 0.2) is 24.3 Å². The molecule has 132 valence electrons. The third kappa shape index (κ3) is 3.80. The molecule has 1 saturated carbocycles. The fraction of sp³-hybridized carbons (Fsp3) is 0.650. The van der Waals surface area contributed by atoms with Gasteiger partial charge in [-0.1, -0.05) is 38.8 Å². The number of carbonyl (C=O) groups is 1. The lowest BCUT2D eigenvalue weighted by Crippen LogP contribution is -2.49. The summed E-state index contributed by atoms with van der Waals surface area (Å²) < 4.78 is 13.5. The van der Waals surface area contributed by atoms with Crippen LogP contribution in [0.1, 0.15) is 57.9 Å². The Bertz CT molecular complexity index is 581. The summed E-state index contributed by atoms with van der Waals surface area (Å²) in [6.07, 6.45) is 7.13. The number of benzene rings is 1. The minimum atomic E-state index is -0.283.